The molecule has 0 spiro atoms. The van der Waals surface area contributed by atoms with Crippen molar-refractivity contribution in [3.05, 3.63) is 12.2 Å². The fraction of sp³-hybridized carbons (Fsp3) is 0.897. The van der Waals surface area contributed by atoms with Crippen LogP contribution in [0.1, 0.15) is 110 Å². The number of esters is 1. The molecule has 0 fully saturated rings. The van der Waals surface area contributed by atoms with Crippen LogP contribution in [0.15, 0.2) is 12.2 Å². The summed E-state index contributed by atoms with van der Waals surface area (Å²) >= 11 is 0. The summed E-state index contributed by atoms with van der Waals surface area (Å²) in [6, 6.07) is 0. The summed E-state index contributed by atoms with van der Waals surface area (Å²) in [4.78, 5) is 22.5. The van der Waals surface area contributed by atoms with Crippen molar-refractivity contribution < 1.29 is 37.3 Å². The number of hydrogen-bond acceptors (Lipinski definition) is 6. The predicted molar refractivity (Wildman–Crippen MR) is 155 cm³/mol. The Morgan fingerprint density at radius 1 is 0.789 bits per heavy atom. The molecular formula is C29H59NO7P+. The third-order valence-corrected chi connectivity index (χ3v) is 7.04. The molecule has 0 saturated carbocycles. The number of likely N-dealkylation sites (N-methyl/N-ethyl adjacent to an activating group) is 1. The third kappa shape index (κ3) is 26.8. The van der Waals surface area contributed by atoms with Gasteiger partial charge >= 0.3 is 13.8 Å². The molecule has 0 heterocycles. The fourth-order valence-electron chi connectivity index (χ4n) is 3.67. The molecule has 0 radical (unpaired) electrons. The highest BCUT2D eigenvalue weighted by Gasteiger charge is 2.26. The molecule has 0 aromatic heterocycles. The van der Waals surface area contributed by atoms with Crippen LogP contribution in [-0.2, 0) is 27.9 Å². The van der Waals surface area contributed by atoms with Gasteiger partial charge in [0.2, 0.25) is 0 Å². The number of rotatable bonds is 27. The van der Waals surface area contributed by atoms with Crippen LogP contribution in [0.2, 0.25) is 0 Å². The van der Waals surface area contributed by atoms with Crippen molar-refractivity contribution in [3.8, 4) is 0 Å². The van der Waals surface area contributed by atoms with Crippen molar-refractivity contribution in [2.24, 2.45) is 0 Å². The van der Waals surface area contributed by atoms with Gasteiger partial charge < -0.3 is 18.9 Å². The lowest BCUT2D eigenvalue weighted by atomic mass is 10.1. The second kappa shape index (κ2) is 24.1. The molecular weight excluding hydrogens is 505 g/mol. The van der Waals surface area contributed by atoms with E-state index in [1.54, 1.807) is 0 Å². The van der Waals surface area contributed by atoms with Gasteiger partial charge in [0.1, 0.15) is 19.3 Å². The number of allylic oxidation sites excluding steroid dienone is 2. The van der Waals surface area contributed by atoms with Crippen LogP contribution in [0.3, 0.4) is 0 Å². The van der Waals surface area contributed by atoms with Crippen LogP contribution < -0.4 is 0 Å². The summed E-state index contributed by atoms with van der Waals surface area (Å²) in [5.74, 6) is -0.331. The lowest BCUT2D eigenvalue weighted by Gasteiger charge is -2.24. The van der Waals surface area contributed by atoms with Crippen LogP contribution in [0, 0.1) is 0 Å². The molecule has 2 atom stereocenters. The quantitative estimate of drug-likeness (QED) is 0.0371. The van der Waals surface area contributed by atoms with Crippen molar-refractivity contribution in [2.45, 2.75) is 116 Å². The summed E-state index contributed by atoms with van der Waals surface area (Å²) < 4.78 is 34.4. The van der Waals surface area contributed by atoms with E-state index in [1.807, 2.05) is 21.1 Å². The molecule has 0 saturated heterocycles. The predicted octanol–water partition coefficient (Wildman–Crippen LogP) is 7.20. The molecule has 0 aromatic rings. The van der Waals surface area contributed by atoms with Crippen LogP contribution in [0.5, 0.6) is 0 Å². The number of unbranched alkanes of at least 4 members (excludes halogenated alkanes) is 11. The summed E-state index contributed by atoms with van der Waals surface area (Å²) in [5.41, 5.74) is 0. The highest BCUT2D eigenvalue weighted by molar-refractivity contribution is 7.47. The molecule has 0 aliphatic heterocycles. The van der Waals surface area contributed by atoms with E-state index < -0.39 is 13.9 Å². The van der Waals surface area contributed by atoms with Crippen molar-refractivity contribution in [1.29, 1.82) is 0 Å². The van der Waals surface area contributed by atoms with Gasteiger partial charge in [-0.1, -0.05) is 83.8 Å². The zero-order chi connectivity index (χ0) is 28.5. The third-order valence-electron chi connectivity index (χ3n) is 6.06. The number of phosphoric acid groups is 1. The first-order chi connectivity index (χ1) is 18.1. The van der Waals surface area contributed by atoms with Gasteiger partial charge in [-0.25, -0.2) is 4.57 Å². The van der Waals surface area contributed by atoms with E-state index in [9.17, 15) is 14.3 Å². The van der Waals surface area contributed by atoms with Crippen molar-refractivity contribution >= 4 is 13.8 Å². The van der Waals surface area contributed by atoms with E-state index in [2.05, 4.69) is 26.0 Å². The van der Waals surface area contributed by atoms with E-state index >= 15 is 0 Å². The Bertz CT molecular complexity index is 637. The number of phosphoric ester groups is 1. The molecule has 0 aromatic carbocycles. The molecule has 38 heavy (non-hydrogen) atoms. The zero-order valence-corrected chi connectivity index (χ0v) is 26.1. The van der Waals surface area contributed by atoms with Crippen LogP contribution in [0.25, 0.3) is 0 Å². The van der Waals surface area contributed by atoms with E-state index in [0.29, 0.717) is 24.1 Å². The van der Waals surface area contributed by atoms with Gasteiger partial charge in [0, 0.05) is 13.0 Å². The maximum Gasteiger partial charge on any atom is 0.472 e. The number of carbonyl (C=O) groups is 1. The number of nitrogens with zero attached hydrogens (tertiary/aromatic N) is 1. The van der Waals surface area contributed by atoms with Crippen molar-refractivity contribution in [1.82, 2.24) is 0 Å². The minimum Gasteiger partial charge on any atom is -0.457 e. The number of quaternary nitrogens is 1. The Morgan fingerprint density at radius 2 is 1.42 bits per heavy atom. The maximum atomic E-state index is 12.4. The van der Waals surface area contributed by atoms with Gasteiger partial charge in [-0.15, -0.1) is 0 Å². The Labute approximate surface area is 233 Å². The highest BCUT2D eigenvalue weighted by atomic mass is 31.2. The second-order valence-electron chi connectivity index (χ2n) is 11.1. The van der Waals surface area contributed by atoms with Gasteiger partial charge in [0.15, 0.2) is 0 Å². The number of ether oxygens (including phenoxy) is 2. The first-order valence-corrected chi connectivity index (χ1v) is 16.4. The molecule has 1 N–H and O–H groups in total. The monoisotopic (exact) mass is 564 g/mol. The Morgan fingerprint density at radius 3 is 2.11 bits per heavy atom. The summed E-state index contributed by atoms with van der Waals surface area (Å²) in [7, 11) is 1.66. The fourth-order valence-corrected chi connectivity index (χ4v) is 4.41. The topological polar surface area (TPSA) is 91.3 Å². The average Bonchev–Trinajstić information content (AvgIpc) is 2.84. The minimum absolute atomic E-state index is 0.0886. The SMILES string of the molecule is CCC/C=C\CCCCCCCC(=O)OC(COCCCCCCCC)COP(=O)(O)OCC[N+](C)(C)C. The van der Waals surface area contributed by atoms with E-state index in [0.717, 1.165) is 51.4 Å². The summed E-state index contributed by atoms with van der Waals surface area (Å²) in [5, 5.41) is 0. The lowest BCUT2D eigenvalue weighted by Crippen LogP contribution is -2.37. The summed E-state index contributed by atoms with van der Waals surface area (Å²) in [6.45, 7) is 5.47. The average molecular weight is 565 g/mol. The van der Waals surface area contributed by atoms with Crippen LogP contribution >= 0.6 is 7.82 Å². The number of hydrogen-bond donors (Lipinski definition) is 1. The van der Waals surface area contributed by atoms with Gasteiger partial charge in [-0.3, -0.25) is 13.8 Å². The number of carbonyl (C=O) groups excluding carboxylic acids is 1. The van der Waals surface area contributed by atoms with Gasteiger partial charge in [0.25, 0.3) is 0 Å². The molecule has 0 aliphatic carbocycles. The molecule has 2 unspecified atom stereocenters. The Kier molecular flexibility index (Phi) is 23.6. The molecule has 0 rings (SSSR count). The lowest BCUT2D eigenvalue weighted by molar-refractivity contribution is -0.870. The van der Waals surface area contributed by atoms with Gasteiger partial charge in [0.05, 0.1) is 34.4 Å². The second-order valence-corrected chi connectivity index (χ2v) is 12.6. The molecule has 0 amide bonds. The molecule has 8 nitrogen and oxygen atoms in total. The van der Waals surface area contributed by atoms with Crippen LogP contribution in [-0.4, -0.2) is 75.6 Å². The molecule has 0 bridgehead atoms. The first kappa shape index (κ1) is 37.2. The van der Waals surface area contributed by atoms with E-state index in [1.165, 1.54) is 38.5 Å². The van der Waals surface area contributed by atoms with E-state index in [4.69, 9.17) is 18.5 Å². The van der Waals surface area contributed by atoms with Gasteiger partial charge in [-0.05, 0) is 32.1 Å². The zero-order valence-electron chi connectivity index (χ0n) is 25.2. The Hall–Kier alpha value is -0.760. The molecule has 226 valence electrons. The van der Waals surface area contributed by atoms with Crippen molar-refractivity contribution in [2.75, 3.05) is 54.1 Å². The van der Waals surface area contributed by atoms with Crippen molar-refractivity contribution in [3.63, 3.8) is 0 Å². The minimum atomic E-state index is -4.24. The standard InChI is InChI=1S/C29H58NO7P/c1-6-8-10-12-14-15-16-17-18-20-22-29(31)37-28(26-34-24-21-19-13-11-9-7-2)27-36-38(32,33)35-25-23-30(3,4)5/h10,12,28H,6-9,11,13-27H2,1-5H3/p+1/b12-10-. The molecule has 9 heteroatoms. The highest BCUT2D eigenvalue weighted by Crippen LogP contribution is 2.43. The normalized spacial score (nSPS) is 14.6. The smallest absolute Gasteiger partial charge is 0.457 e. The van der Waals surface area contributed by atoms with E-state index in [-0.39, 0.29) is 25.8 Å². The first-order valence-electron chi connectivity index (χ1n) is 14.9. The molecule has 0 aliphatic rings. The van der Waals surface area contributed by atoms with Gasteiger partial charge in [-0.2, -0.15) is 0 Å². The summed E-state index contributed by atoms with van der Waals surface area (Å²) in [6.07, 6.45) is 19.7. The maximum absolute atomic E-state index is 12.4. The largest absolute Gasteiger partial charge is 0.472 e. The Balaban J connectivity index is 4.40. The van der Waals surface area contributed by atoms with Crippen LogP contribution in [0.4, 0.5) is 0 Å².